The lowest BCUT2D eigenvalue weighted by atomic mass is 9.76. The number of rotatable bonds is 10. The number of hydrogen-bond acceptors (Lipinski definition) is 5. The molecule has 7 heteroatoms. The van der Waals surface area contributed by atoms with Gasteiger partial charge in [-0.3, -0.25) is 0 Å². The van der Waals surface area contributed by atoms with Gasteiger partial charge in [-0.1, -0.05) is 63.4 Å². The Morgan fingerprint density at radius 2 is 1.62 bits per heavy atom. The third-order valence-electron chi connectivity index (χ3n) is 4.47. The normalized spacial score (nSPS) is 12.8. The number of allylic oxidation sites excluding steroid dienone is 1. The molecule has 29 heavy (non-hydrogen) atoms. The van der Waals surface area contributed by atoms with Crippen LogP contribution in [0.15, 0.2) is 56.2 Å². The van der Waals surface area contributed by atoms with Gasteiger partial charge in [0.05, 0.1) is 6.54 Å². The van der Waals surface area contributed by atoms with E-state index in [-0.39, 0.29) is 6.54 Å². The van der Waals surface area contributed by atoms with E-state index >= 15 is 0 Å². The molecule has 0 radical (unpaired) electrons. The van der Waals surface area contributed by atoms with Crippen molar-refractivity contribution in [2.45, 2.75) is 38.4 Å². The molecule has 2 unspecified atom stereocenters. The van der Waals surface area contributed by atoms with Crippen LogP contribution in [0.25, 0.3) is 5.57 Å². The molecule has 0 aliphatic heterocycles. The van der Waals surface area contributed by atoms with Gasteiger partial charge >= 0.3 is 18.0 Å². The van der Waals surface area contributed by atoms with Crippen molar-refractivity contribution in [3.05, 3.63) is 67.3 Å². The molecule has 0 heterocycles. The maximum absolute atomic E-state index is 12.0. The van der Waals surface area contributed by atoms with Gasteiger partial charge in [0.2, 0.25) is 0 Å². The first kappa shape index (κ1) is 23.7. The Morgan fingerprint density at radius 1 is 1.10 bits per heavy atom. The second-order valence-electron chi connectivity index (χ2n) is 7.01. The minimum absolute atomic E-state index is 0.280. The highest BCUT2D eigenvalue weighted by atomic mass is 16.6. The first-order valence-electron chi connectivity index (χ1n) is 8.92. The number of carbonyl (C=O) groups excluding carboxylic acids is 2. The topological polar surface area (TPSA) is 102 Å². The number of hydrogen-bond donors (Lipinski definition) is 2. The van der Waals surface area contributed by atoms with E-state index in [0.29, 0.717) is 0 Å². The van der Waals surface area contributed by atoms with E-state index in [9.17, 15) is 14.4 Å². The van der Waals surface area contributed by atoms with Crippen molar-refractivity contribution in [1.82, 2.24) is 5.32 Å². The van der Waals surface area contributed by atoms with Gasteiger partial charge in [-0.25, -0.2) is 14.4 Å². The van der Waals surface area contributed by atoms with Crippen molar-refractivity contribution in [2.75, 3.05) is 6.54 Å². The maximum Gasteiger partial charge on any atom is 0.404 e. The van der Waals surface area contributed by atoms with Crippen LogP contribution in [0, 0.1) is 0 Å². The third kappa shape index (κ3) is 6.64. The van der Waals surface area contributed by atoms with E-state index in [4.69, 9.17) is 14.6 Å². The van der Waals surface area contributed by atoms with Crippen LogP contribution >= 0.6 is 0 Å². The number of carboxylic acid groups (broad SMARTS) is 1. The predicted octanol–water partition coefficient (Wildman–Crippen LogP) is 3.46. The van der Waals surface area contributed by atoms with Crippen LogP contribution < -0.4 is 5.32 Å². The van der Waals surface area contributed by atoms with Crippen molar-refractivity contribution in [2.24, 2.45) is 0 Å². The Hall–Kier alpha value is -3.35. The molecule has 0 aliphatic rings. The molecule has 0 saturated carbocycles. The van der Waals surface area contributed by atoms with Crippen molar-refractivity contribution in [3.63, 3.8) is 0 Å². The monoisotopic (exact) mass is 401 g/mol. The molecular weight excluding hydrogens is 374 g/mol. The zero-order chi connectivity index (χ0) is 22.2. The molecule has 1 amide bonds. The Labute approximate surface area is 170 Å². The smallest absolute Gasteiger partial charge is 0.404 e. The van der Waals surface area contributed by atoms with Gasteiger partial charge in [-0.05, 0) is 18.1 Å². The molecular formula is C22H27NO6. The number of nitrogens with one attached hydrogen (secondary N) is 1. The van der Waals surface area contributed by atoms with Gasteiger partial charge in [-0.2, -0.15) is 0 Å². The first-order valence-corrected chi connectivity index (χ1v) is 8.92. The van der Waals surface area contributed by atoms with Crippen LogP contribution in [0.4, 0.5) is 4.79 Å². The van der Waals surface area contributed by atoms with Gasteiger partial charge in [0.1, 0.15) is 6.10 Å². The Kier molecular flexibility index (Phi) is 8.38. The summed E-state index contributed by atoms with van der Waals surface area (Å²) in [5, 5.41) is 11.1. The molecule has 156 valence electrons. The minimum atomic E-state index is -1.30. The number of benzene rings is 1. The molecule has 0 spiro atoms. The fourth-order valence-electron chi connectivity index (χ4n) is 2.81. The number of carbonyl (C=O) groups is 3. The molecule has 0 fully saturated rings. The van der Waals surface area contributed by atoms with E-state index in [1.807, 2.05) is 31.2 Å². The summed E-state index contributed by atoms with van der Waals surface area (Å²) in [6, 6.07) is 7.48. The summed E-state index contributed by atoms with van der Waals surface area (Å²) in [5.41, 5.74) is 1.79. The Morgan fingerprint density at radius 3 is 2.07 bits per heavy atom. The molecule has 0 bridgehead atoms. The Balaban J connectivity index is 3.38. The van der Waals surface area contributed by atoms with E-state index < -0.39 is 35.7 Å². The molecule has 1 aromatic rings. The maximum atomic E-state index is 12.0. The highest BCUT2D eigenvalue weighted by molar-refractivity contribution is 5.82. The first-order chi connectivity index (χ1) is 13.5. The van der Waals surface area contributed by atoms with Crippen LogP contribution in [0.5, 0.6) is 0 Å². The largest absolute Gasteiger partial charge is 0.465 e. The minimum Gasteiger partial charge on any atom is -0.465 e. The van der Waals surface area contributed by atoms with E-state index in [1.54, 1.807) is 13.8 Å². The number of amides is 1. The number of esters is 2. The quantitative estimate of drug-likeness (QED) is 0.460. The third-order valence-corrected chi connectivity index (χ3v) is 4.47. The summed E-state index contributed by atoms with van der Waals surface area (Å²) < 4.78 is 10.8. The average Bonchev–Trinajstić information content (AvgIpc) is 2.68. The van der Waals surface area contributed by atoms with Crippen LogP contribution in [-0.2, 0) is 24.5 Å². The van der Waals surface area contributed by atoms with E-state index in [2.05, 4.69) is 25.1 Å². The van der Waals surface area contributed by atoms with Crippen LogP contribution in [0.2, 0.25) is 0 Å². The van der Waals surface area contributed by atoms with Gasteiger partial charge in [0.15, 0.2) is 6.10 Å². The standard InChI is InChI=1S/C22H27NO6/c1-7-18(24)28-17(13-23-21(26)27)20(29-19(25)8-2)22(5,6)16-11-9-15(10-12-16)14(3)4/h7-12,17,20,23H,1-3,13H2,4-6H3,(H,26,27). The highest BCUT2D eigenvalue weighted by Gasteiger charge is 2.42. The van der Waals surface area contributed by atoms with Gasteiger partial charge < -0.3 is 19.9 Å². The zero-order valence-corrected chi connectivity index (χ0v) is 16.9. The predicted molar refractivity (Wildman–Crippen MR) is 110 cm³/mol. The van der Waals surface area contributed by atoms with Gasteiger partial charge in [0.25, 0.3) is 0 Å². The van der Waals surface area contributed by atoms with Gasteiger partial charge in [0, 0.05) is 17.6 Å². The fourth-order valence-corrected chi connectivity index (χ4v) is 2.81. The summed E-state index contributed by atoms with van der Waals surface area (Å²) in [6.07, 6.45) is -1.48. The molecule has 1 rings (SSSR count). The van der Waals surface area contributed by atoms with Gasteiger partial charge in [-0.15, -0.1) is 0 Å². The highest BCUT2D eigenvalue weighted by Crippen LogP contribution is 2.33. The van der Waals surface area contributed by atoms with Crippen molar-refractivity contribution in [3.8, 4) is 0 Å². The Bertz CT molecular complexity index is 794. The van der Waals surface area contributed by atoms with Crippen molar-refractivity contribution in [1.29, 1.82) is 0 Å². The molecule has 2 atom stereocenters. The molecule has 7 nitrogen and oxygen atoms in total. The average molecular weight is 401 g/mol. The molecule has 0 aromatic heterocycles. The van der Waals surface area contributed by atoms with Crippen LogP contribution in [-0.4, -0.2) is 41.9 Å². The molecule has 1 aromatic carbocycles. The van der Waals surface area contributed by atoms with Crippen LogP contribution in [0.3, 0.4) is 0 Å². The van der Waals surface area contributed by atoms with E-state index in [1.165, 1.54) is 0 Å². The summed E-state index contributed by atoms with van der Waals surface area (Å²) in [6.45, 7) is 15.9. The SMILES string of the molecule is C=CC(=O)OC(CNC(=O)O)C(OC(=O)C=C)C(C)(C)c1ccc(C(=C)C)cc1. The lowest BCUT2D eigenvalue weighted by Gasteiger charge is -2.38. The van der Waals surface area contributed by atoms with Crippen LogP contribution in [0.1, 0.15) is 31.9 Å². The molecule has 0 aliphatic carbocycles. The summed E-state index contributed by atoms with van der Waals surface area (Å²) >= 11 is 0. The summed E-state index contributed by atoms with van der Waals surface area (Å²) in [7, 11) is 0. The lowest BCUT2D eigenvalue weighted by molar-refractivity contribution is -0.166. The summed E-state index contributed by atoms with van der Waals surface area (Å²) in [4.78, 5) is 34.8. The second-order valence-corrected chi connectivity index (χ2v) is 7.01. The number of ether oxygens (including phenoxy) is 2. The van der Waals surface area contributed by atoms with E-state index in [0.717, 1.165) is 28.9 Å². The molecule has 2 N–H and O–H groups in total. The van der Waals surface area contributed by atoms with Crippen molar-refractivity contribution < 1.29 is 29.0 Å². The molecule has 0 saturated heterocycles. The summed E-state index contributed by atoms with van der Waals surface area (Å²) in [5.74, 6) is -1.49. The second kappa shape index (κ2) is 10.3. The zero-order valence-electron chi connectivity index (χ0n) is 16.9. The fraction of sp³-hybridized carbons (Fsp3) is 0.318. The van der Waals surface area contributed by atoms with Crippen molar-refractivity contribution >= 4 is 23.6 Å². The lowest BCUT2D eigenvalue weighted by Crippen LogP contribution is -2.51.